The lowest BCUT2D eigenvalue weighted by molar-refractivity contribution is 0.161. The minimum absolute atomic E-state index is 0.283. The lowest BCUT2D eigenvalue weighted by Crippen LogP contribution is -2.04. The molecule has 0 heterocycles. The number of halogens is 1. The van der Waals surface area contributed by atoms with Gasteiger partial charge in [0.25, 0.3) is 0 Å². The molecule has 0 aliphatic heterocycles. The Bertz CT molecular complexity index is 329. The number of aliphatic hydroxyl groups excluding tert-OH is 1. The first-order valence-corrected chi connectivity index (χ1v) is 6.89. The van der Waals surface area contributed by atoms with Crippen molar-refractivity contribution >= 4 is 11.8 Å². The minimum atomic E-state index is -0.673. The second kappa shape index (κ2) is 6.26. The van der Waals surface area contributed by atoms with Gasteiger partial charge in [-0.15, -0.1) is 0 Å². The molecule has 16 heavy (non-hydrogen) atoms. The SMILES string of the molecule is CSCCCC(O)c1c(C)cc(C)cc1F. The molecule has 3 heteroatoms. The number of aryl methyl sites for hydroxylation is 2. The van der Waals surface area contributed by atoms with Gasteiger partial charge in [-0.2, -0.15) is 11.8 Å². The van der Waals surface area contributed by atoms with E-state index in [0.717, 1.165) is 23.3 Å². The van der Waals surface area contributed by atoms with Gasteiger partial charge in [0, 0.05) is 5.56 Å². The minimum Gasteiger partial charge on any atom is -0.388 e. The van der Waals surface area contributed by atoms with Crippen LogP contribution in [0.2, 0.25) is 0 Å². The fraction of sp³-hybridized carbons (Fsp3) is 0.538. The Balaban J connectivity index is 2.78. The molecular weight excluding hydrogens is 223 g/mol. The highest BCUT2D eigenvalue weighted by atomic mass is 32.2. The summed E-state index contributed by atoms with van der Waals surface area (Å²) in [5, 5.41) is 9.95. The number of hydrogen-bond donors (Lipinski definition) is 1. The Morgan fingerprint density at radius 1 is 1.38 bits per heavy atom. The van der Waals surface area contributed by atoms with E-state index < -0.39 is 6.10 Å². The molecule has 0 saturated carbocycles. The first kappa shape index (κ1) is 13.5. The van der Waals surface area contributed by atoms with Gasteiger partial charge < -0.3 is 5.11 Å². The molecule has 0 radical (unpaired) electrons. The molecule has 1 aromatic rings. The van der Waals surface area contributed by atoms with E-state index in [4.69, 9.17) is 0 Å². The molecule has 0 spiro atoms. The van der Waals surface area contributed by atoms with E-state index in [1.54, 1.807) is 11.8 Å². The molecule has 0 aliphatic carbocycles. The molecule has 0 saturated heterocycles. The number of benzene rings is 1. The molecule has 0 fully saturated rings. The highest BCUT2D eigenvalue weighted by molar-refractivity contribution is 7.98. The Kier molecular flexibility index (Phi) is 5.29. The van der Waals surface area contributed by atoms with Gasteiger partial charge in [-0.25, -0.2) is 4.39 Å². The van der Waals surface area contributed by atoms with Crippen LogP contribution >= 0.6 is 11.8 Å². The van der Waals surface area contributed by atoms with Crippen LogP contribution in [0.4, 0.5) is 4.39 Å². The summed E-state index contributed by atoms with van der Waals surface area (Å²) in [4.78, 5) is 0. The summed E-state index contributed by atoms with van der Waals surface area (Å²) in [6.07, 6.45) is 2.90. The molecule has 1 aromatic carbocycles. The third kappa shape index (κ3) is 3.49. The Morgan fingerprint density at radius 3 is 2.62 bits per heavy atom. The van der Waals surface area contributed by atoms with Crippen LogP contribution in [0.25, 0.3) is 0 Å². The molecule has 1 nitrogen and oxygen atoms in total. The van der Waals surface area contributed by atoms with E-state index >= 15 is 0 Å². The van der Waals surface area contributed by atoms with Crippen LogP contribution in [-0.4, -0.2) is 17.1 Å². The van der Waals surface area contributed by atoms with E-state index in [2.05, 4.69) is 0 Å². The quantitative estimate of drug-likeness (QED) is 0.796. The predicted octanol–water partition coefficient (Wildman–Crippen LogP) is 3.62. The fourth-order valence-electron chi connectivity index (χ4n) is 1.91. The van der Waals surface area contributed by atoms with Crippen LogP contribution in [0.1, 0.15) is 35.6 Å². The summed E-state index contributed by atoms with van der Waals surface area (Å²) in [6.45, 7) is 3.71. The molecule has 1 unspecified atom stereocenters. The van der Waals surface area contributed by atoms with Crippen LogP contribution in [-0.2, 0) is 0 Å². The summed E-state index contributed by atoms with van der Waals surface area (Å²) in [5.74, 6) is 0.720. The number of aliphatic hydroxyl groups is 1. The van der Waals surface area contributed by atoms with Crippen molar-refractivity contribution < 1.29 is 9.50 Å². The third-order valence-corrected chi connectivity index (χ3v) is 3.34. The topological polar surface area (TPSA) is 20.2 Å². The lowest BCUT2D eigenvalue weighted by Gasteiger charge is -2.15. The van der Waals surface area contributed by atoms with Crippen LogP contribution in [0, 0.1) is 19.7 Å². The average molecular weight is 242 g/mol. The van der Waals surface area contributed by atoms with E-state index in [-0.39, 0.29) is 5.82 Å². The van der Waals surface area contributed by atoms with Gasteiger partial charge >= 0.3 is 0 Å². The zero-order valence-electron chi connectivity index (χ0n) is 10.1. The molecule has 90 valence electrons. The van der Waals surface area contributed by atoms with Gasteiger partial charge in [0.15, 0.2) is 0 Å². The Hall–Kier alpha value is -0.540. The summed E-state index contributed by atoms with van der Waals surface area (Å²) in [7, 11) is 0. The summed E-state index contributed by atoms with van der Waals surface area (Å²) in [6, 6.07) is 3.40. The molecule has 0 amide bonds. The summed E-state index contributed by atoms with van der Waals surface area (Å²) >= 11 is 1.74. The molecular formula is C13H19FOS. The first-order chi connectivity index (χ1) is 7.56. The van der Waals surface area contributed by atoms with E-state index in [9.17, 15) is 9.50 Å². The van der Waals surface area contributed by atoms with Crippen LogP contribution in [0.5, 0.6) is 0 Å². The fourth-order valence-corrected chi connectivity index (χ4v) is 2.37. The monoisotopic (exact) mass is 242 g/mol. The smallest absolute Gasteiger partial charge is 0.129 e. The van der Waals surface area contributed by atoms with Crippen molar-refractivity contribution in [3.63, 3.8) is 0 Å². The van der Waals surface area contributed by atoms with Crippen molar-refractivity contribution in [2.75, 3.05) is 12.0 Å². The van der Waals surface area contributed by atoms with Gasteiger partial charge in [-0.05, 0) is 55.9 Å². The van der Waals surface area contributed by atoms with E-state index in [1.807, 2.05) is 26.2 Å². The number of thioether (sulfide) groups is 1. The van der Waals surface area contributed by atoms with E-state index in [1.165, 1.54) is 6.07 Å². The summed E-state index contributed by atoms with van der Waals surface area (Å²) < 4.78 is 13.7. The zero-order valence-corrected chi connectivity index (χ0v) is 10.9. The molecule has 0 aromatic heterocycles. The van der Waals surface area contributed by atoms with Gasteiger partial charge in [0.1, 0.15) is 5.82 Å². The van der Waals surface area contributed by atoms with Crippen LogP contribution in [0.3, 0.4) is 0 Å². The normalized spacial score (nSPS) is 12.8. The van der Waals surface area contributed by atoms with Crippen molar-refractivity contribution in [2.24, 2.45) is 0 Å². The van der Waals surface area contributed by atoms with Crippen molar-refractivity contribution in [3.05, 3.63) is 34.6 Å². The maximum absolute atomic E-state index is 13.7. The zero-order chi connectivity index (χ0) is 12.1. The standard InChI is InChI=1S/C13H19FOS/c1-9-7-10(2)13(11(14)8-9)12(15)5-4-6-16-3/h7-8,12,15H,4-6H2,1-3H3. The van der Waals surface area contributed by atoms with Crippen molar-refractivity contribution in [1.29, 1.82) is 0 Å². The second-order valence-electron chi connectivity index (χ2n) is 4.13. The third-order valence-electron chi connectivity index (χ3n) is 2.64. The molecule has 1 N–H and O–H groups in total. The molecule has 1 rings (SSSR count). The van der Waals surface area contributed by atoms with E-state index in [0.29, 0.717) is 12.0 Å². The van der Waals surface area contributed by atoms with Gasteiger partial charge in [0.2, 0.25) is 0 Å². The van der Waals surface area contributed by atoms with Gasteiger partial charge in [-0.1, -0.05) is 6.07 Å². The van der Waals surface area contributed by atoms with Gasteiger partial charge in [-0.3, -0.25) is 0 Å². The Labute approximate surface area is 101 Å². The van der Waals surface area contributed by atoms with Crippen molar-refractivity contribution in [1.82, 2.24) is 0 Å². The van der Waals surface area contributed by atoms with Crippen LogP contribution < -0.4 is 0 Å². The number of hydrogen-bond acceptors (Lipinski definition) is 2. The highest BCUT2D eigenvalue weighted by Crippen LogP contribution is 2.26. The maximum Gasteiger partial charge on any atom is 0.129 e. The van der Waals surface area contributed by atoms with Crippen LogP contribution in [0.15, 0.2) is 12.1 Å². The summed E-state index contributed by atoms with van der Waals surface area (Å²) in [5.41, 5.74) is 2.20. The van der Waals surface area contributed by atoms with Crippen molar-refractivity contribution in [2.45, 2.75) is 32.8 Å². The predicted molar refractivity (Wildman–Crippen MR) is 68.4 cm³/mol. The largest absolute Gasteiger partial charge is 0.388 e. The molecule has 0 bridgehead atoms. The average Bonchev–Trinajstić information content (AvgIpc) is 2.16. The first-order valence-electron chi connectivity index (χ1n) is 5.50. The molecule has 0 aliphatic rings. The maximum atomic E-state index is 13.7. The lowest BCUT2D eigenvalue weighted by atomic mass is 9.98. The van der Waals surface area contributed by atoms with Crippen molar-refractivity contribution in [3.8, 4) is 0 Å². The molecule has 1 atom stereocenters. The number of rotatable bonds is 5. The van der Waals surface area contributed by atoms with Gasteiger partial charge in [0.05, 0.1) is 6.10 Å². The second-order valence-corrected chi connectivity index (χ2v) is 5.11. The Morgan fingerprint density at radius 2 is 2.06 bits per heavy atom. The highest BCUT2D eigenvalue weighted by Gasteiger charge is 2.15.